The van der Waals surface area contributed by atoms with Gasteiger partial charge in [-0.25, -0.2) is 9.89 Å². The lowest BCUT2D eigenvalue weighted by Crippen LogP contribution is -2.16. The Balaban J connectivity index is 1.82. The summed E-state index contributed by atoms with van der Waals surface area (Å²) in [6.07, 6.45) is 0. The van der Waals surface area contributed by atoms with Crippen LogP contribution in [0.2, 0.25) is 0 Å². The van der Waals surface area contributed by atoms with Crippen molar-refractivity contribution in [3.8, 4) is 5.75 Å². The number of hydrogen-bond donors (Lipinski definition) is 1. The number of halogens is 1. The SMILES string of the molecule is CCn1c(SCCOc2cccc(Br)c2)n[nH]c1=O. The Morgan fingerprint density at radius 3 is 3.11 bits per heavy atom. The van der Waals surface area contributed by atoms with E-state index in [-0.39, 0.29) is 5.69 Å². The van der Waals surface area contributed by atoms with Crippen LogP contribution < -0.4 is 10.4 Å². The molecule has 0 aliphatic carbocycles. The molecule has 5 nitrogen and oxygen atoms in total. The van der Waals surface area contributed by atoms with Crippen molar-refractivity contribution in [3.63, 3.8) is 0 Å². The van der Waals surface area contributed by atoms with Crippen LogP contribution in [0.15, 0.2) is 38.7 Å². The van der Waals surface area contributed by atoms with Gasteiger partial charge in [0.05, 0.1) is 6.61 Å². The number of nitrogens with one attached hydrogen (secondary N) is 1. The molecule has 0 radical (unpaired) electrons. The van der Waals surface area contributed by atoms with Gasteiger partial charge in [0.25, 0.3) is 0 Å². The van der Waals surface area contributed by atoms with Gasteiger partial charge in [0, 0.05) is 16.8 Å². The summed E-state index contributed by atoms with van der Waals surface area (Å²) in [5.41, 5.74) is -0.169. The average Bonchev–Trinajstić information content (AvgIpc) is 2.75. The second-order valence-electron chi connectivity index (χ2n) is 3.71. The molecule has 0 aliphatic rings. The molecule has 0 fully saturated rings. The third-order valence-corrected chi connectivity index (χ3v) is 3.85. The van der Waals surface area contributed by atoms with E-state index in [0.29, 0.717) is 18.3 Å². The summed E-state index contributed by atoms with van der Waals surface area (Å²) in [5.74, 6) is 1.56. The molecule has 1 heterocycles. The molecular formula is C12H14BrN3O2S. The third kappa shape index (κ3) is 3.87. The van der Waals surface area contributed by atoms with E-state index in [0.717, 1.165) is 16.0 Å². The predicted molar refractivity (Wildman–Crippen MR) is 78.9 cm³/mol. The molecule has 1 aromatic heterocycles. The van der Waals surface area contributed by atoms with Crippen molar-refractivity contribution in [2.24, 2.45) is 0 Å². The summed E-state index contributed by atoms with van der Waals surface area (Å²) in [4.78, 5) is 11.4. The minimum Gasteiger partial charge on any atom is -0.493 e. The maximum Gasteiger partial charge on any atom is 0.343 e. The topological polar surface area (TPSA) is 59.9 Å². The van der Waals surface area contributed by atoms with Gasteiger partial charge in [0.1, 0.15) is 5.75 Å². The number of aromatic amines is 1. The minimum absolute atomic E-state index is 0.169. The first kappa shape index (κ1) is 14.2. The highest BCUT2D eigenvalue weighted by molar-refractivity contribution is 9.10. The van der Waals surface area contributed by atoms with Crippen molar-refractivity contribution in [2.75, 3.05) is 12.4 Å². The van der Waals surface area contributed by atoms with E-state index < -0.39 is 0 Å². The molecule has 1 aromatic carbocycles. The number of thioether (sulfide) groups is 1. The zero-order valence-electron chi connectivity index (χ0n) is 10.4. The molecule has 102 valence electrons. The number of benzene rings is 1. The van der Waals surface area contributed by atoms with E-state index >= 15 is 0 Å². The van der Waals surface area contributed by atoms with Gasteiger partial charge < -0.3 is 4.74 Å². The van der Waals surface area contributed by atoms with Crippen LogP contribution in [0, 0.1) is 0 Å². The van der Waals surface area contributed by atoms with Gasteiger partial charge >= 0.3 is 5.69 Å². The van der Waals surface area contributed by atoms with Crippen molar-refractivity contribution >= 4 is 27.7 Å². The Morgan fingerprint density at radius 1 is 1.53 bits per heavy atom. The molecule has 0 unspecified atom stereocenters. The van der Waals surface area contributed by atoms with Gasteiger partial charge in [-0.1, -0.05) is 33.8 Å². The lowest BCUT2D eigenvalue weighted by molar-refractivity contribution is 0.343. The van der Waals surface area contributed by atoms with Crippen LogP contribution in [0.25, 0.3) is 0 Å². The van der Waals surface area contributed by atoms with E-state index in [1.165, 1.54) is 11.8 Å². The van der Waals surface area contributed by atoms with Crippen molar-refractivity contribution in [1.82, 2.24) is 14.8 Å². The summed E-state index contributed by atoms with van der Waals surface area (Å²) in [6, 6.07) is 7.70. The highest BCUT2D eigenvalue weighted by Gasteiger charge is 2.06. The first-order chi connectivity index (χ1) is 9.20. The van der Waals surface area contributed by atoms with Gasteiger partial charge in [0.2, 0.25) is 0 Å². The van der Waals surface area contributed by atoms with Crippen molar-refractivity contribution in [1.29, 1.82) is 0 Å². The molecule has 2 aromatic rings. The number of hydrogen-bond acceptors (Lipinski definition) is 4. The van der Waals surface area contributed by atoms with Gasteiger partial charge in [-0.05, 0) is 25.1 Å². The largest absolute Gasteiger partial charge is 0.493 e. The average molecular weight is 344 g/mol. The lowest BCUT2D eigenvalue weighted by Gasteiger charge is -2.06. The molecule has 1 N–H and O–H groups in total. The second-order valence-corrected chi connectivity index (χ2v) is 5.69. The summed E-state index contributed by atoms with van der Waals surface area (Å²) in [7, 11) is 0. The number of rotatable bonds is 6. The predicted octanol–water partition coefficient (Wildman–Crippen LogP) is 2.52. The van der Waals surface area contributed by atoms with Crippen molar-refractivity contribution < 1.29 is 4.74 Å². The van der Waals surface area contributed by atoms with Gasteiger partial charge in [0.15, 0.2) is 5.16 Å². The summed E-state index contributed by atoms with van der Waals surface area (Å²) in [6.45, 7) is 3.09. The minimum atomic E-state index is -0.169. The molecule has 7 heteroatoms. The fourth-order valence-corrected chi connectivity index (χ4v) is 2.75. The van der Waals surface area contributed by atoms with Crippen LogP contribution in [0.4, 0.5) is 0 Å². The van der Waals surface area contributed by atoms with Crippen LogP contribution >= 0.6 is 27.7 Å². The molecular weight excluding hydrogens is 330 g/mol. The van der Waals surface area contributed by atoms with E-state index in [1.54, 1.807) is 4.57 Å². The van der Waals surface area contributed by atoms with Crippen molar-refractivity contribution in [3.05, 3.63) is 39.2 Å². The molecule has 0 amide bonds. The quantitative estimate of drug-likeness (QED) is 0.646. The number of aromatic nitrogens is 3. The van der Waals surface area contributed by atoms with E-state index in [1.807, 2.05) is 31.2 Å². The van der Waals surface area contributed by atoms with Crippen LogP contribution in [-0.2, 0) is 6.54 Å². The number of ether oxygens (including phenoxy) is 1. The molecule has 0 saturated carbocycles. The zero-order valence-corrected chi connectivity index (χ0v) is 12.8. The molecule has 0 atom stereocenters. The fourth-order valence-electron chi connectivity index (χ4n) is 1.54. The standard InChI is InChI=1S/C12H14BrN3O2S/c1-2-16-11(17)14-15-12(16)19-7-6-18-10-5-3-4-9(13)8-10/h3-5,8H,2,6-7H2,1H3,(H,14,17). The third-order valence-electron chi connectivity index (χ3n) is 2.42. The molecule has 0 spiro atoms. The Morgan fingerprint density at radius 2 is 2.37 bits per heavy atom. The van der Waals surface area contributed by atoms with Crippen LogP contribution in [-0.4, -0.2) is 27.1 Å². The summed E-state index contributed by atoms with van der Waals surface area (Å²) in [5, 5.41) is 7.11. The van der Waals surface area contributed by atoms with Gasteiger partial charge in [-0.2, -0.15) is 0 Å². The zero-order chi connectivity index (χ0) is 13.7. The highest BCUT2D eigenvalue weighted by atomic mass is 79.9. The number of nitrogens with zero attached hydrogens (tertiary/aromatic N) is 2. The van der Waals surface area contributed by atoms with E-state index in [4.69, 9.17) is 4.74 Å². The van der Waals surface area contributed by atoms with Gasteiger partial charge in [-0.3, -0.25) is 4.57 Å². The number of H-pyrrole nitrogens is 1. The van der Waals surface area contributed by atoms with E-state index in [9.17, 15) is 4.79 Å². The normalized spacial score (nSPS) is 10.6. The molecule has 0 saturated heterocycles. The van der Waals surface area contributed by atoms with Crippen LogP contribution in [0.1, 0.15) is 6.92 Å². The molecule has 2 rings (SSSR count). The van der Waals surface area contributed by atoms with Crippen LogP contribution in [0.3, 0.4) is 0 Å². The maximum absolute atomic E-state index is 11.4. The Kier molecular flexibility index (Phi) is 5.09. The fraction of sp³-hybridized carbons (Fsp3) is 0.333. The Labute approximate surface area is 123 Å². The maximum atomic E-state index is 11.4. The Hall–Kier alpha value is -1.21. The first-order valence-electron chi connectivity index (χ1n) is 5.87. The molecule has 19 heavy (non-hydrogen) atoms. The monoisotopic (exact) mass is 343 g/mol. The summed E-state index contributed by atoms with van der Waals surface area (Å²) >= 11 is 4.89. The molecule has 0 bridgehead atoms. The summed E-state index contributed by atoms with van der Waals surface area (Å²) < 4.78 is 8.20. The van der Waals surface area contributed by atoms with E-state index in [2.05, 4.69) is 26.1 Å². The second kappa shape index (κ2) is 6.81. The lowest BCUT2D eigenvalue weighted by atomic mass is 10.3. The van der Waals surface area contributed by atoms with Gasteiger partial charge in [-0.15, -0.1) is 5.10 Å². The smallest absolute Gasteiger partial charge is 0.343 e. The van der Waals surface area contributed by atoms with Crippen molar-refractivity contribution in [2.45, 2.75) is 18.6 Å². The molecule has 0 aliphatic heterocycles. The first-order valence-corrected chi connectivity index (χ1v) is 7.65. The Bertz CT molecular complexity index is 597. The van der Waals surface area contributed by atoms with Crippen LogP contribution in [0.5, 0.6) is 5.75 Å². The highest BCUT2D eigenvalue weighted by Crippen LogP contribution is 2.18.